The van der Waals surface area contributed by atoms with Gasteiger partial charge in [0.25, 0.3) is 0 Å². The second-order valence-corrected chi connectivity index (χ2v) is 4.01. The molecular formula is C9H15N3O5. The summed E-state index contributed by atoms with van der Waals surface area (Å²) in [5.41, 5.74) is 10.3. The van der Waals surface area contributed by atoms with Crippen LogP contribution in [0, 0.1) is 0 Å². The normalized spacial score (nSPS) is 25.6. The van der Waals surface area contributed by atoms with Crippen LogP contribution in [-0.4, -0.2) is 57.6 Å². The van der Waals surface area contributed by atoms with Gasteiger partial charge in [-0.3, -0.25) is 9.59 Å². The molecule has 6 N–H and O–H groups in total. The molecule has 0 aromatic rings. The fraction of sp³-hybridized carbons (Fsp3) is 0.667. The topological polar surface area (TPSA) is 147 Å². The van der Waals surface area contributed by atoms with Crippen molar-refractivity contribution in [3.8, 4) is 0 Å². The van der Waals surface area contributed by atoms with E-state index in [0.29, 0.717) is 0 Å². The highest BCUT2D eigenvalue weighted by atomic mass is 16.4. The molecule has 2 amide bonds. The van der Waals surface area contributed by atoms with E-state index in [0.717, 1.165) is 4.90 Å². The number of primary amides is 1. The van der Waals surface area contributed by atoms with Crippen molar-refractivity contribution in [2.24, 2.45) is 11.5 Å². The number of hydrogen-bond acceptors (Lipinski definition) is 5. The Labute approximate surface area is 97.2 Å². The van der Waals surface area contributed by atoms with Crippen molar-refractivity contribution in [2.45, 2.75) is 31.0 Å². The molecule has 8 heteroatoms. The van der Waals surface area contributed by atoms with Crippen molar-refractivity contribution in [2.75, 3.05) is 6.54 Å². The Hall–Kier alpha value is -1.67. The number of nitrogens with two attached hydrogens (primary N) is 2. The molecule has 0 aliphatic carbocycles. The van der Waals surface area contributed by atoms with Crippen molar-refractivity contribution in [1.29, 1.82) is 0 Å². The third-order valence-electron chi connectivity index (χ3n) is 2.59. The Bertz CT molecular complexity index is 346. The maximum Gasteiger partial charge on any atom is 0.326 e. The molecule has 8 nitrogen and oxygen atoms in total. The van der Waals surface area contributed by atoms with Gasteiger partial charge in [-0.1, -0.05) is 0 Å². The first-order valence-electron chi connectivity index (χ1n) is 5.08. The van der Waals surface area contributed by atoms with Crippen molar-refractivity contribution in [3.63, 3.8) is 0 Å². The second-order valence-electron chi connectivity index (χ2n) is 4.01. The SMILES string of the molecule is NC(=O)CC(N)C(=O)N1CC(O)CC1C(=O)O. The minimum Gasteiger partial charge on any atom is -0.480 e. The predicted octanol–water partition coefficient (Wildman–Crippen LogP) is -2.76. The zero-order valence-corrected chi connectivity index (χ0v) is 9.07. The maximum absolute atomic E-state index is 11.8. The zero-order valence-electron chi connectivity index (χ0n) is 9.07. The van der Waals surface area contributed by atoms with Crippen LogP contribution in [0.15, 0.2) is 0 Å². The number of hydrogen-bond donors (Lipinski definition) is 4. The van der Waals surface area contributed by atoms with Crippen LogP contribution in [0.1, 0.15) is 12.8 Å². The molecule has 3 unspecified atom stereocenters. The average molecular weight is 245 g/mol. The van der Waals surface area contributed by atoms with Gasteiger partial charge in [-0.05, 0) is 0 Å². The summed E-state index contributed by atoms with van der Waals surface area (Å²) >= 11 is 0. The highest BCUT2D eigenvalue weighted by Gasteiger charge is 2.40. The first-order chi connectivity index (χ1) is 7.82. The largest absolute Gasteiger partial charge is 0.480 e. The lowest BCUT2D eigenvalue weighted by Gasteiger charge is -2.23. The summed E-state index contributed by atoms with van der Waals surface area (Å²) < 4.78 is 0. The fourth-order valence-electron chi connectivity index (χ4n) is 1.81. The van der Waals surface area contributed by atoms with Gasteiger partial charge in [-0.15, -0.1) is 0 Å². The molecule has 3 atom stereocenters. The summed E-state index contributed by atoms with van der Waals surface area (Å²) in [4.78, 5) is 34.2. The molecule has 0 bridgehead atoms. The number of likely N-dealkylation sites (tertiary alicyclic amines) is 1. The van der Waals surface area contributed by atoms with Crippen molar-refractivity contribution in [1.82, 2.24) is 4.90 Å². The first-order valence-corrected chi connectivity index (χ1v) is 5.08. The number of carbonyl (C=O) groups is 3. The van der Waals surface area contributed by atoms with Crippen molar-refractivity contribution in [3.05, 3.63) is 0 Å². The summed E-state index contributed by atoms with van der Waals surface area (Å²) in [5, 5.41) is 18.2. The van der Waals surface area contributed by atoms with E-state index < -0.39 is 36.0 Å². The number of nitrogens with zero attached hydrogens (tertiary/aromatic N) is 1. The molecule has 0 spiro atoms. The van der Waals surface area contributed by atoms with E-state index in [1.54, 1.807) is 0 Å². The Morgan fingerprint density at radius 3 is 2.47 bits per heavy atom. The van der Waals surface area contributed by atoms with Crippen molar-refractivity contribution < 1.29 is 24.6 Å². The number of β-amino-alcohol motifs (C(OH)–C–C–N with tert-alkyl or cyclic N) is 1. The molecule has 1 aliphatic rings. The van der Waals surface area contributed by atoms with Crippen LogP contribution >= 0.6 is 0 Å². The van der Waals surface area contributed by atoms with E-state index in [2.05, 4.69) is 0 Å². The Balaban J connectivity index is 2.73. The number of aliphatic hydroxyl groups excluding tert-OH is 1. The average Bonchev–Trinajstić information content (AvgIpc) is 2.58. The summed E-state index contributed by atoms with van der Waals surface area (Å²) in [5.74, 6) is -2.63. The lowest BCUT2D eigenvalue weighted by Crippen LogP contribution is -2.49. The molecular weight excluding hydrogens is 230 g/mol. The summed E-state index contributed by atoms with van der Waals surface area (Å²) in [6, 6.07) is -2.27. The molecule has 96 valence electrons. The van der Waals surface area contributed by atoms with E-state index in [1.807, 2.05) is 0 Å². The number of rotatable bonds is 4. The maximum atomic E-state index is 11.8. The van der Waals surface area contributed by atoms with Crippen LogP contribution in [-0.2, 0) is 14.4 Å². The van der Waals surface area contributed by atoms with Crippen LogP contribution in [0.25, 0.3) is 0 Å². The smallest absolute Gasteiger partial charge is 0.326 e. The first kappa shape index (κ1) is 13.4. The van der Waals surface area contributed by atoms with Crippen LogP contribution < -0.4 is 11.5 Å². The van der Waals surface area contributed by atoms with Gasteiger partial charge < -0.3 is 26.6 Å². The number of carboxylic acids is 1. The van der Waals surface area contributed by atoms with E-state index >= 15 is 0 Å². The van der Waals surface area contributed by atoms with Crippen molar-refractivity contribution >= 4 is 17.8 Å². The predicted molar refractivity (Wildman–Crippen MR) is 55.5 cm³/mol. The third kappa shape index (κ3) is 3.14. The third-order valence-corrected chi connectivity index (χ3v) is 2.59. The van der Waals surface area contributed by atoms with Gasteiger partial charge in [-0.25, -0.2) is 4.79 Å². The van der Waals surface area contributed by atoms with Crippen LogP contribution in [0.2, 0.25) is 0 Å². The van der Waals surface area contributed by atoms with Gasteiger partial charge in [0.1, 0.15) is 6.04 Å². The standard InChI is InChI=1S/C9H15N3O5/c10-5(2-7(11)14)8(15)12-3-4(13)1-6(12)9(16)17/h4-6,13H,1-3,10H2,(H2,11,14)(H,16,17). The van der Waals surface area contributed by atoms with E-state index in [9.17, 15) is 19.5 Å². The van der Waals surface area contributed by atoms with Gasteiger partial charge in [-0.2, -0.15) is 0 Å². The van der Waals surface area contributed by atoms with Gasteiger partial charge >= 0.3 is 5.97 Å². The monoisotopic (exact) mass is 245 g/mol. The lowest BCUT2D eigenvalue weighted by atomic mass is 10.1. The van der Waals surface area contributed by atoms with E-state index in [-0.39, 0.29) is 19.4 Å². The number of amides is 2. The number of carbonyl (C=O) groups excluding carboxylic acids is 2. The highest BCUT2D eigenvalue weighted by molar-refractivity contribution is 5.90. The highest BCUT2D eigenvalue weighted by Crippen LogP contribution is 2.19. The molecule has 17 heavy (non-hydrogen) atoms. The molecule has 0 radical (unpaired) electrons. The van der Waals surface area contributed by atoms with Gasteiger partial charge in [0.05, 0.1) is 18.6 Å². The van der Waals surface area contributed by atoms with Gasteiger partial charge in [0.15, 0.2) is 0 Å². The molecule has 0 aromatic heterocycles. The Kier molecular flexibility index (Phi) is 4.02. The molecule has 1 saturated heterocycles. The molecule has 1 fully saturated rings. The quantitative estimate of drug-likeness (QED) is 0.421. The van der Waals surface area contributed by atoms with Crippen LogP contribution in [0.5, 0.6) is 0 Å². The van der Waals surface area contributed by atoms with Crippen LogP contribution in [0.4, 0.5) is 0 Å². The van der Waals surface area contributed by atoms with Gasteiger partial charge in [0.2, 0.25) is 11.8 Å². The Morgan fingerprint density at radius 2 is 2.00 bits per heavy atom. The zero-order chi connectivity index (χ0) is 13.2. The molecule has 1 aliphatic heterocycles. The fourth-order valence-corrected chi connectivity index (χ4v) is 1.81. The lowest BCUT2D eigenvalue weighted by molar-refractivity contribution is -0.148. The molecule has 1 rings (SSSR count). The number of aliphatic hydroxyl groups is 1. The molecule has 1 heterocycles. The number of carboxylic acid groups (broad SMARTS) is 1. The van der Waals surface area contributed by atoms with Crippen LogP contribution in [0.3, 0.4) is 0 Å². The molecule has 0 aromatic carbocycles. The summed E-state index contributed by atoms with van der Waals surface area (Å²) in [6.45, 7) is -0.0950. The van der Waals surface area contributed by atoms with E-state index in [1.165, 1.54) is 0 Å². The Morgan fingerprint density at radius 1 is 1.41 bits per heavy atom. The second kappa shape index (κ2) is 5.11. The minimum atomic E-state index is -1.21. The van der Waals surface area contributed by atoms with E-state index in [4.69, 9.17) is 16.6 Å². The minimum absolute atomic E-state index is 0.0373. The van der Waals surface area contributed by atoms with Gasteiger partial charge in [0, 0.05) is 13.0 Å². The number of aliphatic carboxylic acids is 1. The summed E-state index contributed by atoms with van der Waals surface area (Å²) in [6.07, 6.45) is -1.27. The summed E-state index contributed by atoms with van der Waals surface area (Å²) in [7, 11) is 0. The molecule has 0 saturated carbocycles.